The second kappa shape index (κ2) is 9.61. The first-order valence-electron chi connectivity index (χ1n) is 9.56. The average molecular weight is 451 g/mol. The second-order valence-corrected chi connectivity index (χ2v) is 7.85. The van der Waals surface area contributed by atoms with Crippen molar-refractivity contribution in [1.29, 1.82) is 0 Å². The van der Waals surface area contributed by atoms with E-state index in [0.29, 0.717) is 46.8 Å². The van der Waals surface area contributed by atoms with Crippen LogP contribution >= 0.6 is 23.2 Å². The summed E-state index contributed by atoms with van der Waals surface area (Å²) in [7, 11) is 1.59. The number of aliphatic hydroxyl groups excluding tert-OH is 1. The van der Waals surface area contributed by atoms with E-state index in [0.717, 1.165) is 5.69 Å². The van der Waals surface area contributed by atoms with Gasteiger partial charge in [0.1, 0.15) is 18.9 Å². The van der Waals surface area contributed by atoms with Crippen molar-refractivity contribution in [3.8, 4) is 17.6 Å². The van der Waals surface area contributed by atoms with E-state index in [2.05, 4.69) is 21.8 Å². The van der Waals surface area contributed by atoms with E-state index in [1.165, 1.54) is 0 Å². The molecule has 0 spiro atoms. The van der Waals surface area contributed by atoms with Gasteiger partial charge in [-0.2, -0.15) is 5.10 Å². The molecule has 0 saturated carbocycles. The molecule has 3 rings (SSSR count). The molecule has 0 unspecified atom stereocenters. The predicted molar refractivity (Wildman–Crippen MR) is 117 cm³/mol. The number of amides is 1. The molecule has 1 N–H and O–H groups in total. The van der Waals surface area contributed by atoms with Crippen LogP contribution in [0.2, 0.25) is 10.0 Å². The number of hydrogen-bond acceptors (Lipinski definition) is 5. The molecule has 7 nitrogen and oxygen atoms in total. The number of benzene rings is 1. The number of carbonyl (C=O) groups excluding carboxylic acids is 1. The topological polar surface area (TPSA) is 70.8 Å². The van der Waals surface area contributed by atoms with Gasteiger partial charge in [-0.05, 0) is 31.9 Å². The smallest absolute Gasteiger partial charge is 0.244 e. The molecule has 1 aromatic carbocycles. The van der Waals surface area contributed by atoms with Crippen molar-refractivity contribution in [1.82, 2.24) is 14.7 Å². The quantitative estimate of drug-likeness (QED) is 0.724. The summed E-state index contributed by atoms with van der Waals surface area (Å²) in [5, 5.41) is 14.1. The van der Waals surface area contributed by atoms with E-state index < -0.39 is 0 Å². The normalized spacial score (nSPS) is 16.3. The highest BCUT2D eigenvalue weighted by atomic mass is 35.5. The monoisotopic (exact) mass is 450 g/mol. The molecule has 1 aliphatic rings. The Morgan fingerprint density at radius 2 is 2.13 bits per heavy atom. The van der Waals surface area contributed by atoms with Gasteiger partial charge in [0, 0.05) is 37.4 Å². The fourth-order valence-electron chi connectivity index (χ4n) is 3.51. The fourth-order valence-corrected chi connectivity index (χ4v) is 3.89. The summed E-state index contributed by atoms with van der Waals surface area (Å²) in [6.45, 7) is 5.62. The summed E-state index contributed by atoms with van der Waals surface area (Å²) in [5.41, 5.74) is 2.05. The molecule has 0 radical (unpaired) electrons. The van der Waals surface area contributed by atoms with Crippen LogP contribution in [0.1, 0.15) is 18.3 Å². The minimum Gasteiger partial charge on any atom is -0.495 e. The molecule has 9 heteroatoms. The first kappa shape index (κ1) is 22.3. The molecule has 0 bridgehead atoms. The third-order valence-electron chi connectivity index (χ3n) is 5.15. The lowest BCUT2D eigenvalue weighted by Gasteiger charge is -2.41. The lowest BCUT2D eigenvalue weighted by atomic mass is 10.1. The number of nitrogens with zero attached hydrogens (tertiary/aromatic N) is 4. The van der Waals surface area contributed by atoms with Gasteiger partial charge in [0.05, 0.1) is 22.8 Å². The molecule has 160 valence electrons. The Balaban J connectivity index is 1.68. The van der Waals surface area contributed by atoms with Crippen molar-refractivity contribution in [3.63, 3.8) is 0 Å². The van der Waals surface area contributed by atoms with Crippen molar-refractivity contribution in [2.24, 2.45) is 0 Å². The van der Waals surface area contributed by atoms with Crippen LogP contribution in [-0.4, -0.2) is 65.1 Å². The summed E-state index contributed by atoms with van der Waals surface area (Å²) in [6.07, 6.45) is 0. The van der Waals surface area contributed by atoms with Crippen molar-refractivity contribution in [3.05, 3.63) is 39.6 Å². The van der Waals surface area contributed by atoms with E-state index >= 15 is 0 Å². The van der Waals surface area contributed by atoms with Crippen molar-refractivity contribution in [2.75, 3.05) is 38.3 Å². The minimum atomic E-state index is -0.275. The Morgan fingerprint density at radius 1 is 1.37 bits per heavy atom. The third-order valence-corrected chi connectivity index (χ3v) is 5.92. The molecule has 1 saturated heterocycles. The number of halogens is 2. The number of aliphatic hydroxyl groups is 1. The summed E-state index contributed by atoms with van der Waals surface area (Å²) in [4.78, 5) is 17.0. The molecule has 1 aliphatic heterocycles. The Morgan fingerprint density at radius 3 is 2.80 bits per heavy atom. The van der Waals surface area contributed by atoms with Gasteiger partial charge >= 0.3 is 0 Å². The van der Waals surface area contributed by atoms with Gasteiger partial charge in [0.25, 0.3) is 0 Å². The van der Waals surface area contributed by atoms with E-state index in [-0.39, 0.29) is 25.1 Å². The molecule has 30 heavy (non-hydrogen) atoms. The zero-order valence-electron chi connectivity index (χ0n) is 17.2. The average Bonchev–Trinajstić information content (AvgIpc) is 3.00. The van der Waals surface area contributed by atoms with Crippen molar-refractivity contribution in [2.45, 2.75) is 26.4 Å². The maximum absolute atomic E-state index is 12.9. The summed E-state index contributed by atoms with van der Waals surface area (Å²) < 4.78 is 6.87. The van der Waals surface area contributed by atoms with Gasteiger partial charge in [-0.3, -0.25) is 9.48 Å². The van der Waals surface area contributed by atoms with Crippen molar-refractivity contribution < 1.29 is 14.6 Å². The lowest BCUT2D eigenvalue weighted by Crippen LogP contribution is -2.54. The number of hydrogen-bond donors (Lipinski definition) is 1. The highest BCUT2D eigenvalue weighted by Crippen LogP contribution is 2.30. The maximum Gasteiger partial charge on any atom is 0.244 e. The minimum absolute atomic E-state index is 0.0212. The van der Waals surface area contributed by atoms with Gasteiger partial charge in [0.2, 0.25) is 5.91 Å². The van der Waals surface area contributed by atoms with Gasteiger partial charge in [-0.15, -0.1) is 0 Å². The van der Waals surface area contributed by atoms with Gasteiger partial charge in [-0.1, -0.05) is 29.1 Å². The fraction of sp³-hybridized carbons (Fsp3) is 0.429. The molecule has 1 amide bonds. The van der Waals surface area contributed by atoms with Crippen LogP contribution in [0, 0.1) is 18.8 Å². The van der Waals surface area contributed by atoms with E-state index in [1.54, 1.807) is 18.7 Å². The number of ether oxygens (including phenoxy) is 1. The Labute approximate surface area is 186 Å². The third kappa shape index (κ3) is 4.67. The van der Waals surface area contributed by atoms with Crippen LogP contribution in [0.3, 0.4) is 0 Å². The Kier molecular flexibility index (Phi) is 7.14. The van der Waals surface area contributed by atoms with E-state index in [9.17, 15) is 4.79 Å². The largest absolute Gasteiger partial charge is 0.495 e. The predicted octanol–water partition coefficient (Wildman–Crippen LogP) is 2.59. The molecule has 1 atom stereocenters. The highest BCUT2D eigenvalue weighted by molar-refractivity contribution is 6.32. The zero-order valence-corrected chi connectivity index (χ0v) is 18.7. The second-order valence-electron chi connectivity index (χ2n) is 7.07. The number of methoxy groups -OCH3 is 1. The van der Waals surface area contributed by atoms with Gasteiger partial charge in [0.15, 0.2) is 5.69 Å². The molecule has 0 aliphatic carbocycles. The van der Waals surface area contributed by atoms with E-state index in [4.69, 9.17) is 33.0 Å². The highest BCUT2D eigenvalue weighted by Gasteiger charge is 2.28. The van der Waals surface area contributed by atoms with Crippen molar-refractivity contribution >= 4 is 34.8 Å². The van der Waals surface area contributed by atoms with Crippen LogP contribution in [0.25, 0.3) is 0 Å². The van der Waals surface area contributed by atoms with Gasteiger partial charge in [-0.25, -0.2) is 0 Å². The van der Waals surface area contributed by atoms with Crippen LogP contribution in [0.4, 0.5) is 5.69 Å². The standard InChI is InChI=1S/C21H24Cl2N4O3/c1-14-12-25(16-6-7-17(22)19(11-16)30-3)8-9-26(14)20(29)13-27-15(2)21(23)18(24-27)5-4-10-28/h6-7,11,14,28H,8-10,12-13H2,1-3H3/t14-/m0/s1. The van der Waals surface area contributed by atoms with Crippen LogP contribution in [-0.2, 0) is 11.3 Å². The summed E-state index contributed by atoms with van der Waals surface area (Å²) in [5.74, 6) is 5.84. The van der Waals surface area contributed by atoms with Crippen LogP contribution < -0.4 is 9.64 Å². The van der Waals surface area contributed by atoms with E-state index in [1.807, 2.05) is 30.0 Å². The lowest BCUT2D eigenvalue weighted by molar-refractivity contribution is -0.134. The molecule has 2 aromatic rings. The molecular formula is C21H24Cl2N4O3. The molecule has 1 aromatic heterocycles. The Hall–Kier alpha value is -2.40. The molecular weight excluding hydrogens is 427 g/mol. The Bertz CT molecular complexity index is 996. The number of rotatable bonds is 4. The SMILES string of the molecule is COc1cc(N2CCN(C(=O)Cn3nc(C#CCO)c(Cl)c3C)[C@@H](C)C2)ccc1Cl. The van der Waals surface area contributed by atoms with Crippen LogP contribution in [0.15, 0.2) is 18.2 Å². The number of anilines is 1. The summed E-state index contributed by atoms with van der Waals surface area (Å²) in [6, 6.07) is 5.71. The maximum atomic E-state index is 12.9. The number of aromatic nitrogens is 2. The molecule has 1 fully saturated rings. The first-order valence-corrected chi connectivity index (χ1v) is 10.3. The zero-order chi connectivity index (χ0) is 21.8. The van der Waals surface area contributed by atoms with Gasteiger partial charge < -0.3 is 19.6 Å². The number of piperazine rings is 1. The van der Waals surface area contributed by atoms with Crippen LogP contribution in [0.5, 0.6) is 5.75 Å². The first-order chi connectivity index (χ1) is 14.3. The summed E-state index contributed by atoms with van der Waals surface area (Å²) >= 11 is 12.4. The number of carbonyl (C=O) groups is 1. The molecule has 2 heterocycles.